The van der Waals surface area contributed by atoms with Crippen molar-refractivity contribution in [2.24, 2.45) is 0 Å². The van der Waals surface area contributed by atoms with E-state index in [1.54, 1.807) is 7.05 Å². The second kappa shape index (κ2) is 4.08. The Labute approximate surface area is 98.8 Å². The minimum atomic E-state index is 0.158. The summed E-state index contributed by atoms with van der Waals surface area (Å²) >= 11 is 0. The van der Waals surface area contributed by atoms with Crippen molar-refractivity contribution >= 4 is 6.01 Å². The predicted octanol–water partition coefficient (Wildman–Crippen LogP) is 2.03. The van der Waals surface area contributed by atoms with Crippen molar-refractivity contribution < 1.29 is 9.26 Å². The molecule has 5 nitrogen and oxygen atoms in total. The summed E-state index contributed by atoms with van der Waals surface area (Å²) < 4.78 is 10.7. The Morgan fingerprint density at radius 3 is 3.06 bits per heavy atom. The molecule has 0 spiro atoms. The minimum Gasteiger partial charge on any atom is -0.493 e. The molecule has 1 aromatic carbocycles. The van der Waals surface area contributed by atoms with E-state index in [-0.39, 0.29) is 5.92 Å². The molecule has 0 aliphatic carbocycles. The SMILES string of the molecule is CNc1nc(C2CCOc3ccccc32)no1. The fourth-order valence-corrected chi connectivity index (χ4v) is 2.09. The van der Waals surface area contributed by atoms with Crippen LogP contribution in [0.5, 0.6) is 5.75 Å². The Bertz CT molecular complexity index is 524. The van der Waals surface area contributed by atoms with Gasteiger partial charge in [-0.2, -0.15) is 4.98 Å². The first-order chi connectivity index (χ1) is 8.38. The fourth-order valence-electron chi connectivity index (χ4n) is 2.09. The van der Waals surface area contributed by atoms with Crippen LogP contribution in [0.25, 0.3) is 0 Å². The molecule has 5 heteroatoms. The highest BCUT2D eigenvalue weighted by Gasteiger charge is 2.26. The van der Waals surface area contributed by atoms with Crippen molar-refractivity contribution in [3.63, 3.8) is 0 Å². The zero-order chi connectivity index (χ0) is 11.7. The second-order valence-corrected chi connectivity index (χ2v) is 3.94. The molecule has 0 bridgehead atoms. The van der Waals surface area contributed by atoms with E-state index in [0.29, 0.717) is 18.4 Å². The molecule has 17 heavy (non-hydrogen) atoms. The lowest BCUT2D eigenvalue weighted by molar-refractivity contribution is 0.272. The van der Waals surface area contributed by atoms with Gasteiger partial charge in [-0.15, -0.1) is 0 Å². The summed E-state index contributed by atoms with van der Waals surface area (Å²) in [4.78, 5) is 4.31. The lowest BCUT2D eigenvalue weighted by Gasteiger charge is -2.23. The van der Waals surface area contributed by atoms with Gasteiger partial charge in [0, 0.05) is 12.6 Å². The van der Waals surface area contributed by atoms with Gasteiger partial charge < -0.3 is 14.6 Å². The monoisotopic (exact) mass is 231 g/mol. The Kier molecular flexibility index (Phi) is 2.44. The van der Waals surface area contributed by atoms with Crippen molar-refractivity contribution in [2.45, 2.75) is 12.3 Å². The van der Waals surface area contributed by atoms with Crippen molar-refractivity contribution in [1.82, 2.24) is 10.1 Å². The number of para-hydroxylation sites is 1. The summed E-state index contributed by atoms with van der Waals surface area (Å²) in [7, 11) is 1.76. The van der Waals surface area contributed by atoms with Crippen LogP contribution in [0, 0.1) is 0 Å². The van der Waals surface area contributed by atoms with E-state index in [0.717, 1.165) is 17.7 Å². The Morgan fingerprint density at radius 2 is 2.24 bits per heavy atom. The normalized spacial score (nSPS) is 18.3. The van der Waals surface area contributed by atoms with E-state index in [9.17, 15) is 0 Å². The average Bonchev–Trinajstić information content (AvgIpc) is 2.87. The van der Waals surface area contributed by atoms with Gasteiger partial charge in [-0.05, 0) is 12.5 Å². The molecule has 0 fully saturated rings. The third kappa shape index (κ3) is 1.73. The van der Waals surface area contributed by atoms with Crippen molar-refractivity contribution in [3.8, 4) is 5.75 Å². The number of nitrogens with zero attached hydrogens (tertiary/aromatic N) is 2. The molecule has 0 saturated carbocycles. The van der Waals surface area contributed by atoms with Gasteiger partial charge in [0.05, 0.1) is 12.5 Å². The molecular weight excluding hydrogens is 218 g/mol. The van der Waals surface area contributed by atoms with Crippen LogP contribution in [-0.4, -0.2) is 23.8 Å². The maximum Gasteiger partial charge on any atom is 0.321 e. The number of ether oxygens (including phenoxy) is 1. The Hall–Kier alpha value is -2.04. The summed E-state index contributed by atoms with van der Waals surface area (Å²) in [6, 6.07) is 8.44. The molecule has 1 aliphatic heterocycles. The van der Waals surface area contributed by atoms with Crippen molar-refractivity contribution in [1.29, 1.82) is 0 Å². The number of rotatable bonds is 2. The highest BCUT2D eigenvalue weighted by Crippen LogP contribution is 2.36. The molecule has 88 valence electrons. The molecule has 0 amide bonds. The predicted molar refractivity (Wildman–Crippen MR) is 62.2 cm³/mol. The molecule has 0 saturated heterocycles. The molecule has 1 N–H and O–H groups in total. The molecule has 1 atom stereocenters. The minimum absolute atomic E-state index is 0.158. The van der Waals surface area contributed by atoms with Gasteiger partial charge in [0.15, 0.2) is 5.82 Å². The van der Waals surface area contributed by atoms with Gasteiger partial charge in [0.2, 0.25) is 0 Å². The van der Waals surface area contributed by atoms with Gasteiger partial charge in [0.25, 0.3) is 0 Å². The van der Waals surface area contributed by atoms with E-state index in [1.165, 1.54) is 0 Å². The number of anilines is 1. The molecule has 1 unspecified atom stereocenters. The van der Waals surface area contributed by atoms with Gasteiger partial charge in [-0.25, -0.2) is 0 Å². The van der Waals surface area contributed by atoms with E-state index in [4.69, 9.17) is 9.26 Å². The van der Waals surface area contributed by atoms with Crippen LogP contribution in [0.2, 0.25) is 0 Å². The first kappa shape index (κ1) is 10.1. The van der Waals surface area contributed by atoms with Gasteiger partial charge >= 0.3 is 6.01 Å². The molecule has 3 rings (SSSR count). The number of aromatic nitrogens is 2. The lowest BCUT2D eigenvalue weighted by atomic mass is 9.92. The third-order valence-corrected chi connectivity index (χ3v) is 2.93. The summed E-state index contributed by atoms with van der Waals surface area (Å²) in [6.07, 6.45) is 0.875. The zero-order valence-electron chi connectivity index (χ0n) is 9.51. The first-order valence-corrected chi connectivity index (χ1v) is 5.61. The maximum atomic E-state index is 5.61. The Morgan fingerprint density at radius 1 is 1.35 bits per heavy atom. The van der Waals surface area contributed by atoms with Gasteiger partial charge in [-0.1, -0.05) is 23.4 Å². The third-order valence-electron chi connectivity index (χ3n) is 2.93. The van der Waals surface area contributed by atoms with Crippen LogP contribution in [0.15, 0.2) is 28.8 Å². The van der Waals surface area contributed by atoms with E-state index >= 15 is 0 Å². The van der Waals surface area contributed by atoms with Crippen LogP contribution in [-0.2, 0) is 0 Å². The summed E-state index contributed by atoms with van der Waals surface area (Å²) in [5.74, 6) is 1.79. The average molecular weight is 231 g/mol. The van der Waals surface area contributed by atoms with E-state index in [2.05, 4.69) is 21.5 Å². The van der Waals surface area contributed by atoms with Gasteiger partial charge in [-0.3, -0.25) is 0 Å². The largest absolute Gasteiger partial charge is 0.493 e. The van der Waals surface area contributed by atoms with Crippen LogP contribution in [0.1, 0.15) is 23.7 Å². The number of hydrogen-bond acceptors (Lipinski definition) is 5. The van der Waals surface area contributed by atoms with Crippen molar-refractivity contribution in [3.05, 3.63) is 35.7 Å². The molecule has 0 radical (unpaired) electrons. The second-order valence-electron chi connectivity index (χ2n) is 3.94. The van der Waals surface area contributed by atoms with Crippen molar-refractivity contribution in [2.75, 3.05) is 19.0 Å². The number of benzene rings is 1. The topological polar surface area (TPSA) is 60.2 Å². The standard InChI is InChI=1S/C12H13N3O2/c1-13-12-14-11(15-17-12)9-6-7-16-10-5-3-2-4-8(9)10/h2-5,9H,6-7H2,1H3,(H,13,14,15). The zero-order valence-corrected chi connectivity index (χ0v) is 9.51. The highest BCUT2D eigenvalue weighted by molar-refractivity contribution is 5.41. The smallest absolute Gasteiger partial charge is 0.321 e. The van der Waals surface area contributed by atoms with E-state index < -0.39 is 0 Å². The summed E-state index contributed by atoms with van der Waals surface area (Å²) in [5.41, 5.74) is 1.13. The van der Waals surface area contributed by atoms with Crippen LogP contribution in [0.3, 0.4) is 0 Å². The quantitative estimate of drug-likeness (QED) is 0.856. The number of fused-ring (bicyclic) bond motifs is 1. The van der Waals surface area contributed by atoms with E-state index in [1.807, 2.05) is 18.2 Å². The van der Waals surface area contributed by atoms with Crippen LogP contribution < -0.4 is 10.1 Å². The van der Waals surface area contributed by atoms with Crippen LogP contribution >= 0.6 is 0 Å². The lowest BCUT2D eigenvalue weighted by Crippen LogP contribution is -2.16. The first-order valence-electron chi connectivity index (χ1n) is 5.61. The molecule has 2 aromatic rings. The molecule has 1 aromatic heterocycles. The van der Waals surface area contributed by atoms with Gasteiger partial charge in [0.1, 0.15) is 5.75 Å². The summed E-state index contributed by atoms with van der Waals surface area (Å²) in [5, 5.41) is 6.84. The van der Waals surface area contributed by atoms with Crippen LogP contribution in [0.4, 0.5) is 6.01 Å². The summed E-state index contributed by atoms with van der Waals surface area (Å²) in [6.45, 7) is 0.686. The number of nitrogens with one attached hydrogen (secondary N) is 1. The molecule has 2 heterocycles. The maximum absolute atomic E-state index is 5.61. The molecule has 1 aliphatic rings. The number of hydrogen-bond donors (Lipinski definition) is 1. The highest BCUT2D eigenvalue weighted by atomic mass is 16.5. The molecular formula is C12H13N3O2. The fraction of sp³-hybridized carbons (Fsp3) is 0.333. The Balaban J connectivity index is 1.99.